The van der Waals surface area contributed by atoms with Crippen LogP contribution >= 0.6 is 0 Å². The minimum absolute atomic E-state index is 0.205. The van der Waals surface area contributed by atoms with Crippen molar-refractivity contribution in [3.05, 3.63) is 66.0 Å². The molecule has 0 aliphatic carbocycles. The number of nitrogens with zero attached hydrogens (tertiary/aromatic N) is 1. The van der Waals surface area contributed by atoms with Crippen LogP contribution in [-0.4, -0.2) is 58.1 Å². The predicted molar refractivity (Wildman–Crippen MR) is 110 cm³/mol. The molecule has 7 nitrogen and oxygen atoms in total. The number of amides is 1. The molecule has 0 saturated carbocycles. The first kappa shape index (κ1) is 21.9. The average molecular weight is 434 g/mol. The molecule has 0 bridgehead atoms. The largest absolute Gasteiger partial charge is 0.492 e. The van der Waals surface area contributed by atoms with E-state index < -0.39 is 10.0 Å². The highest BCUT2D eigenvalue weighted by atomic mass is 32.2. The second-order valence-corrected chi connectivity index (χ2v) is 8.45. The van der Waals surface area contributed by atoms with Crippen molar-refractivity contribution in [3.8, 4) is 5.75 Å². The molecule has 0 spiro atoms. The molecule has 30 heavy (non-hydrogen) atoms. The Kier molecular flexibility index (Phi) is 7.56. The summed E-state index contributed by atoms with van der Waals surface area (Å²) in [6.07, 6.45) is 2.95. The summed E-state index contributed by atoms with van der Waals surface area (Å²) >= 11 is 0. The van der Waals surface area contributed by atoms with Crippen LogP contribution in [0.25, 0.3) is 6.08 Å². The van der Waals surface area contributed by atoms with Crippen LogP contribution in [-0.2, 0) is 19.6 Å². The van der Waals surface area contributed by atoms with Gasteiger partial charge in [-0.3, -0.25) is 4.79 Å². The fourth-order valence-electron chi connectivity index (χ4n) is 2.82. The molecular formula is C21H23FN2O5S. The third-order valence-electron chi connectivity index (χ3n) is 4.38. The van der Waals surface area contributed by atoms with Gasteiger partial charge in [0.1, 0.15) is 18.2 Å². The molecular weight excluding hydrogens is 411 g/mol. The highest BCUT2D eigenvalue weighted by Crippen LogP contribution is 2.18. The van der Waals surface area contributed by atoms with Crippen LogP contribution in [0.15, 0.2) is 59.5 Å². The second-order valence-electron chi connectivity index (χ2n) is 6.52. The molecule has 0 aromatic heterocycles. The topological polar surface area (TPSA) is 84.9 Å². The van der Waals surface area contributed by atoms with Gasteiger partial charge in [-0.1, -0.05) is 18.2 Å². The van der Waals surface area contributed by atoms with E-state index in [2.05, 4.69) is 5.32 Å². The van der Waals surface area contributed by atoms with Gasteiger partial charge in [-0.2, -0.15) is 4.31 Å². The Morgan fingerprint density at radius 3 is 2.60 bits per heavy atom. The van der Waals surface area contributed by atoms with Gasteiger partial charge in [-0.05, 0) is 35.9 Å². The molecule has 1 aliphatic rings. The summed E-state index contributed by atoms with van der Waals surface area (Å²) in [5.41, 5.74) is 0.696. The molecule has 1 heterocycles. The van der Waals surface area contributed by atoms with Gasteiger partial charge in [0.2, 0.25) is 15.9 Å². The monoisotopic (exact) mass is 434 g/mol. The summed E-state index contributed by atoms with van der Waals surface area (Å²) in [6.45, 7) is 1.93. The minimum Gasteiger partial charge on any atom is -0.492 e. The van der Waals surface area contributed by atoms with E-state index in [4.69, 9.17) is 9.47 Å². The van der Waals surface area contributed by atoms with Crippen LogP contribution in [0.1, 0.15) is 5.56 Å². The number of sulfonamides is 1. The SMILES string of the molecule is O=C(/C=C/c1ccc(S(=O)(=O)N2CCOCC2)cc1)NCCOc1cccc(F)c1. The van der Waals surface area contributed by atoms with Gasteiger partial charge >= 0.3 is 0 Å². The maximum absolute atomic E-state index is 13.1. The molecule has 1 fully saturated rings. The Balaban J connectivity index is 1.46. The summed E-state index contributed by atoms with van der Waals surface area (Å²) in [7, 11) is -3.54. The molecule has 0 unspecified atom stereocenters. The lowest BCUT2D eigenvalue weighted by Gasteiger charge is -2.26. The van der Waals surface area contributed by atoms with Crippen LogP contribution in [0.4, 0.5) is 4.39 Å². The van der Waals surface area contributed by atoms with Gasteiger partial charge in [0.15, 0.2) is 0 Å². The average Bonchev–Trinajstić information content (AvgIpc) is 2.76. The number of carbonyl (C=O) groups excluding carboxylic acids is 1. The third-order valence-corrected chi connectivity index (χ3v) is 6.29. The number of rotatable bonds is 8. The van der Waals surface area contributed by atoms with E-state index in [0.29, 0.717) is 37.6 Å². The van der Waals surface area contributed by atoms with Crippen molar-refractivity contribution in [2.45, 2.75) is 4.90 Å². The van der Waals surface area contributed by atoms with E-state index in [9.17, 15) is 17.6 Å². The maximum atomic E-state index is 13.1. The zero-order chi connectivity index (χ0) is 21.4. The quantitative estimate of drug-likeness (QED) is 0.508. The standard InChI is InChI=1S/C21H23FN2O5S/c22-18-2-1-3-19(16-18)29-13-10-23-21(25)9-6-17-4-7-20(8-5-17)30(26,27)24-11-14-28-15-12-24/h1-9,16H,10-15H2,(H,23,25)/b9-6+. The number of hydrogen-bond donors (Lipinski definition) is 1. The lowest BCUT2D eigenvalue weighted by atomic mass is 10.2. The second kappa shape index (κ2) is 10.3. The van der Waals surface area contributed by atoms with Gasteiger partial charge in [-0.25, -0.2) is 12.8 Å². The molecule has 3 rings (SSSR count). The number of hydrogen-bond acceptors (Lipinski definition) is 5. The summed E-state index contributed by atoms with van der Waals surface area (Å²) in [5.74, 6) is -0.307. The minimum atomic E-state index is -3.54. The Labute approximate surface area is 175 Å². The lowest BCUT2D eigenvalue weighted by molar-refractivity contribution is -0.116. The zero-order valence-electron chi connectivity index (χ0n) is 16.3. The van der Waals surface area contributed by atoms with Crippen molar-refractivity contribution in [1.29, 1.82) is 0 Å². The first-order valence-electron chi connectivity index (χ1n) is 9.47. The van der Waals surface area contributed by atoms with Gasteiger partial charge in [0.05, 0.1) is 24.7 Å². The Bertz CT molecular complexity index is 987. The number of halogens is 1. The highest BCUT2D eigenvalue weighted by Gasteiger charge is 2.25. The van der Waals surface area contributed by atoms with Crippen molar-refractivity contribution in [2.75, 3.05) is 39.5 Å². The summed E-state index contributed by atoms with van der Waals surface area (Å²) in [4.78, 5) is 12.1. The van der Waals surface area contributed by atoms with Gasteiger partial charge in [0.25, 0.3) is 0 Å². The maximum Gasteiger partial charge on any atom is 0.244 e. The molecule has 1 aliphatic heterocycles. The lowest BCUT2D eigenvalue weighted by Crippen LogP contribution is -2.40. The van der Waals surface area contributed by atoms with E-state index in [1.807, 2.05) is 0 Å². The van der Waals surface area contributed by atoms with E-state index >= 15 is 0 Å². The summed E-state index contributed by atoms with van der Waals surface area (Å²) < 4.78 is 50.2. The fraction of sp³-hybridized carbons (Fsp3) is 0.286. The number of benzene rings is 2. The van der Waals surface area contributed by atoms with E-state index in [-0.39, 0.29) is 29.8 Å². The van der Waals surface area contributed by atoms with E-state index in [1.54, 1.807) is 30.3 Å². The molecule has 1 amide bonds. The third kappa shape index (κ3) is 6.12. The molecule has 0 radical (unpaired) electrons. The van der Waals surface area contributed by atoms with Gasteiger partial charge in [-0.15, -0.1) is 0 Å². The molecule has 1 N–H and O–H groups in total. The number of nitrogens with one attached hydrogen (secondary N) is 1. The first-order valence-corrected chi connectivity index (χ1v) is 10.9. The van der Waals surface area contributed by atoms with Crippen molar-refractivity contribution in [3.63, 3.8) is 0 Å². The Morgan fingerprint density at radius 2 is 1.90 bits per heavy atom. The number of morpholine rings is 1. The van der Waals surface area contributed by atoms with Crippen LogP contribution < -0.4 is 10.1 Å². The first-order chi connectivity index (χ1) is 14.4. The van der Waals surface area contributed by atoms with Gasteiger partial charge < -0.3 is 14.8 Å². The van der Waals surface area contributed by atoms with Crippen molar-refractivity contribution in [2.24, 2.45) is 0 Å². The Morgan fingerprint density at radius 1 is 1.17 bits per heavy atom. The molecule has 1 saturated heterocycles. The molecule has 0 atom stereocenters. The fourth-order valence-corrected chi connectivity index (χ4v) is 4.23. The predicted octanol–water partition coefficient (Wildman–Crippen LogP) is 2.05. The van der Waals surface area contributed by atoms with Crippen LogP contribution in [0.5, 0.6) is 5.75 Å². The number of ether oxygens (including phenoxy) is 2. The molecule has 2 aromatic carbocycles. The van der Waals surface area contributed by atoms with Crippen LogP contribution in [0.2, 0.25) is 0 Å². The summed E-state index contributed by atoms with van der Waals surface area (Å²) in [6, 6.07) is 12.1. The van der Waals surface area contributed by atoms with Crippen molar-refractivity contribution >= 4 is 22.0 Å². The van der Waals surface area contributed by atoms with Crippen molar-refractivity contribution in [1.82, 2.24) is 9.62 Å². The number of carbonyl (C=O) groups is 1. The molecule has 2 aromatic rings. The Hall–Kier alpha value is -2.75. The van der Waals surface area contributed by atoms with E-state index in [1.165, 1.54) is 34.6 Å². The highest BCUT2D eigenvalue weighted by molar-refractivity contribution is 7.89. The smallest absolute Gasteiger partial charge is 0.244 e. The van der Waals surface area contributed by atoms with Gasteiger partial charge in [0, 0.05) is 25.2 Å². The van der Waals surface area contributed by atoms with Crippen LogP contribution in [0.3, 0.4) is 0 Å². The normalized spacial score (nSPS) is 15.2. The van der Waals surface area contributed by atoms with E-state index in [0.717, 1.165) is 0 Å². The molecule has 160 valence electrons. The molecule has 9 heteroatoms. The van der Waals surface area contributed by atoms with Crippen molar-refractivity contribution < 1.29 is 27.1 Å². The van der Waals surface area contributed by atoms with Crippen LogP contribution in [0, 0.1) is 5.82 Å². The zero-order valence-corrected chi connectivity index (χ0v) is 17.1. The summed E-state index contributed by atoms with van der Waals surface area (Å²) in [5, 5.41) is 2.66.